The molecule has 0 radical (unpaired) electrons. The van der Waals surface area contributed by atoms with Crippen LogP contribution in [-0.4, -0.2) is 52.4 Å². The van der Waals surface area contributed by atoms with E-state index in [4.69, 9.17) is 21.3 Å². The molecule has 1 aromatic heterocycles. The normalized spacial score (nSPS) is 19.3. The van der Waals surface area contributed by atoms with Gasteiger partial charge in [0.05, 0.1) is 35.4 Å². The number of nitrogens with two attached hydrogens (primary N) is 2. The molecule has 0 aliphatic heterocycles. The second kappa shape index (κ2) is 12.4. The van der Waals surface area contributed by atoms with Gasteiger partial charge in [0.1, 0.15) is 5.75 Å². The molecule has 0 saturated heterocycles. The molecule has 3 rings (SSSR count). The first kappa shape index (κ1) is 26.3. The second-order valence-corrected chi connectivity index (χ2v) is 10.8. The van der Waals surface area contributed by atoms with Gasteiger partial charge < -0.3 is 15.5 Å². The Labute approximate surface area is 209 Å². The van der Waals surface area contributed by atoms with Gasteiger partial charge in [0.25, 0.3) is 0 Å². The number of hydrazine groups is 1. The van der Waals surface area contributed by atoms with Crippen molar-refractivity contribution in [3.8, 4) is 5.75 Å². The maximum atomic E-state index is 6.57. The molecule has 0 bridgehead atoms. The van der Waals surface area contributed by atoms with Gasteiger partial charge in [0, 0.05) is 25.7 Å². The summed E-state index contributed by atoms with van der Waals surface area (Å²) in [5.74, 6) is 7.73. The number of pyridine rings is 1. The number of hydrogen-bond donors (Lipinski definition) is 2. The van der Waals surface area contributed by atoms with E-state index in [1.54, 1.807) is 17.1 Å². The van der Waals surface area contributed by atoms with Crippen molar-refractivity contribution in [2.24, 2.45) is 17.5 Å². The summed E-state index contributed by atoms with van der Waals surface area (Å²) in [6.45, 7) is 5.69. The highest BCUT2D eigenvalue weighted by Gasteiger charge is 2.21. The van der Waals surface area contributed by atoms with Crippen LogP contribution >= 0.6 is 12.1 Å². The molecular formula is C26H40N6OS. The van der Waals surface area contributed by atoms with Crippen LogP contribution in [0.4, 0.5) is 0 Å². The molecule has 7 nitrogen and oxygen atoms in total. The fourth-order valence-electron chi connectivity index (χ4n) is 4.37. The zero-order valence-electron chi connectivity index (χ0n) is 21.2. The van der Waals surface area contributed by atoms with E-state index in [0.717, 1.165) is 36.5 Å². The maximum Gasteiger partial charge on any atom is 0.140 e. The van der Waals surface area contributed by atoms with E-state index in [1.807, 2.05) is 39.2 Å². The molecule has 34 heavy (non-hydrogen) atoms. The van der Waals surface area contributed by atoms with Gasteiger partial charge in [0.2, 0.25) is 0 Å². The topological polar surface area (TPSA) is 83.9 Å². The van der Waals surface area contributed by atoms with Crippen LogP contribution in [0.1, 0.15) is 49.6 Å². The predicted octanol–water partition coefficient (Wildman–Crippen LogP) is 4.41. The molecule has 4 N–H and O–H groups in total. The highest BCUT2D eigenvalue weighted by Crippen LogP contribution is 2.29. The van der Waals surface area contributed by atoms with E-state index in [2.05, 4.69) is 46.8 Å². The molecule has 0 amide bonds. The first-order valence-corrected chi connectivity index (χ1v) is 12.7. The highest BCUT2D eigenvalue weighted by molar-refractivity contribution is 7.94. The van der Waals surface area contributed by atoms with E-state index in [0.29, 0.717) is 23.9 Å². The number of aryl methyl sites for hydroxylation is 1. The Morgan fingerprint density at radius 3 is 2.47 bits per heavy atom. The van der Waals surface area contributed by atoms with Crippen LogP contribution < -0.4 is 16.3 Å². The summed E-state index contributed by atoms with van der Waals surface area (Å²) in [5, 5.41) is 1.58. The number of nitrogens with zero attached hydrogens (tertiary/aromatic N) is 4. The summed E-state index contributed by atoms with van der Waals surface area (Å²) in [6.07, 6.45) is 5.01. The van der Waals surface area contributed by atoms with E-state index in [9.17, 15) is 0 Å². The minimum absolute atomic E-state index is 0.271. The lowest BCUT2D eigenvalue weighted by molar-refractivity contribution is 0.128. The molecular weight excluding hydrogens is 444 g/mol. The van der Waals surface area contributed by atoms with Gasteiger partial charge in [-0.1, -0.05) is 43.7 Å². The second-order valence-electron chi connectivity index (χ2n) is 9.40. The lowest BCUT2D eigenvalue weighted by Crippen LogP contribution is -2.34. The van der Waals surface area contributed by atoms with Crippen LogP contribution in [-0.2, 0) is 6.54 Å². The minimum atomic E-state index is 0.271. The van der Waals surface area contributed by atoms with Crippen LogP contribution in [0.25, 0.3) is 5.70 Å². The Morgan fingerprint density at radius 2 is 1.82 bits per heavy atom. The molecule has 0 spiro atoms. The Hall–Kier alpha value is -2.26. The van der Waals surface area contributed by atoms with Gasteiger partial charge in [-0.15, -0.1) is 0 Å². The summed E-state index contributed by atoms with van der Waals surface area (Å²) in [4.78, 5) is 4.76. The Bertz CT molecular complexity index is 952. The van der Waals surface area contributed by atoms with E-state index in [1.165, 1.54) is 18.4 Å². The molecule has 1 heterocycles. The van der Waals surface area contributed by atoms with Gasteiger partial charge in [0.15, 0.2) is 0 Å². The summed E-state index contributed by atoms with van der Waals surface area (Å²) < 4.78 is 10.6. The highest BCUT2D eigenvalue weighted by atomic mass is 32.2. The number of aromatic nitrogens is 1. The molecule has 1 unspecified atom stereocenters. The molecule has 2 aromatic rings. The number of likely N-dealkylation sites (N-methyl/N-ethyl adjacent to an activating group) is 2. The molecule has 1 fully saturated rings. The van der Waals surface area contributed by atoms with Crippen LogP contribution in [0.2, 0.25) is 0 Å². The molecule has 1 aromatic carbocycles. The van der Waals surface area contributed by atoms with Crippen molar-refractivity contribution in [1.29, 1.82) is 0 Å². The SMILES string of the molecule is Cc1nc(/C(N)=C(\CN(C)SN(C)Cc2ccccc2)N(C)N)ccc1O[C@H]1CCCC(C)C1. The minimum Gasteiger partial charge on any atom is -0.489 e. The van der Waals surface area contributed by atoms with Crippen molar-refractivity contribution in [2.75, 3.05) is 27.7 Å². The standard InChI is InChI=1S/C26H40N6OS/c1-19-10-9-13-22(16-19)33-25-15-14-23(29-20(25)2)26(27)24(32(5)28)18-31(4)34-30(3)17-21-11-7-6-8-12-21/h6-8,11-12,14-15,19,22H,9-10,13,16-18,27-28H2,1-5H3/b26-24-/t19?,22-/m0/s1. The van der Waals surface area contributed by atoms with E-state index in [-0.39, 0.29) is 6.10 Å². The van der Waals surface area contributed by atoms with Crippen LogP contribution in [0, 0.1) is 12.8 Å². The van der Waals surface area contributed by atoms with Gasteiger partial charge in [-0.05, 0) is 63.9 Å². The maximum absolute atomic E-state index is 6.57. The van der Waals surface area contributed by atoms with Gasteiger partial charge >= 0.3 is 0 Å². The van der Waals surface area contributed by atoms with Crippen molar-refractivity contribution >= 4 is 17.8 Å². The summed E-state index contributed by atoms with van der Waals surface area (Å²) >= 11 is 1.63. The lowest BCUT2D eigenvalue weighted by atomic mass is 9.89. The number of hydrogen-bond acceptors (Lipinski definition) is 8. The number of ether oxygens (including phenoxy) is 1. The lowest BCUT2D eigenvalue weighted by Gasteiger charge is -2.28. The van der Waals surface area contributed by atoms with E-state index >= 15 is 0 Å². The van der Waals surface area contributed by atoms with Crippen molar-refractivity contribution < 1.29 is 4.74 Å². The Morgan fingerprint density at radius 1 is 1.09 bits per heavy atom. The largest absolute Gasteiger partial charge is 0.489 e. The molecule has 8 heteroatoms. The van der Waals surface area contributed by atoms with Crippen LogP contribution in [0.15, 0.2) is 48.2 Å². The third-order valence-electron chi connectivity index (χ3n) is 6.13. The zero-order valence-corrected chi connectivity index (χ0v) is 22.0. The fourth-order valence-corrected chi connectivity index (χ4v) is 5.23. The summed E-state index contributed by atoms with van der Waals surface area (Å²) in [6, 6.07) is 14.3. The third kappa shape index (κ3) is 7.63. The average molecular weight is 485 g/mol. The predicted molar refractivity (Wildman–Crippen MR) is 142 cm³/mol. The molecule has 1 aliphatic rings. The molecule has 1 aliphatic carbocycles. The first-order chi connectivity index (χ1) is 16.2. The molecule has 186 valence electrons. The van der Waals surface area contributed by atoms with Crippen LogP contribution in [0.3, 0.4) is 0 Å². The Kier molecular flexibility index (Phi) is 9.64. The van der Waals surface area contributed by atoms with Crippen molar-refractivity contribution in [1.82, 2.24) is 18.6 Å². The fraction of sp³-hybridized carbons (Fsp3) is 0.500. The summed E-state index contributed by atoms with van der Waals surface area (Å²) in [7, 11) is 5.91. The average Bonchev–Trinajstić information content (AvgIpc) is 2.79. The first-order valence-electron chi connectivity index (χ1n) is 12.0. The number of benzene rings is 1. The van der Waals surface area contributed by atoms with Crippen molar-refractivity contribution in [3.05, 3.63) is 65.1 Å². The molecule has 2 atom stereocenters. The molecule has 1 saturated carbocycles. The van der Waals surface area contributed by atoms with Gasteiger partial charge in [-0.2, -0.15) is 0 Å². The van der Waals surface area contributed by atoms with E-state index < -0.39 is 0 Å². The van der Waals surface area contributed by atoms with Crippen LogP contribution in [0.5, 0.6) is 5.75 Å². The zero-order chi connectivity index (χ0) is 24.7. The van der Waals surface area contributed by atoms with Crippen molar-refractivity contribution in [3.63, 3.8) is 0 Å². The smallest absolute Gasteiger partial charge is 0.140 e. The van der Waals surface area contributed by atoms with Crippen molar-refractivity contribution in [2.45, 2.75) is 52.2 Å². The summed E-state index contributed by atoms with van der Waals surface area (Å²) in [5.41, 5.74) is 10.8. The van der Waals surface area contributed by atoms with Gasteiger partial charge in [-0.25, -0.2) is 19.4 Å². The quantitative estimate of drug-likeness (QED) is 0.292. The monoisotopic (exact) mass is 484 g/mol. The number of rotatable bonds is 10. The Balaban J connectivity index is 1.67. The van der Waals surface area contributed by atoms with Gasteiger partial charge in [-0.3, -0.25) is 0 Å². The third-order valence-corrected chi connectivity index (χ3v) is 6.95.